The standard InChI is InChI=1S/C27H47N/c1-7-8-9-10-11-15-21-28-26(6)25(5)24(4)23(3)22(2)17-16-20-27-18-13-12-14-19-27/h12-14,18-19,22-25,28H,6-11,15-17,20-21H2,1-5H3. The second kappa shape index (κ2) is 14.7. The molecule has 0 fully saturated rings. The number of nitrogens with one attached hydrogen (secondary N) is 1. The van der Waals surface area contributed by atoms with Crippen LogP contribution in [0.3, 0.4) is 0 Å². The van der Waals surface area contributed by atoms with Crippen molar-refractivity contribution in [3.63, 3.8) is 0 Å². The van der Waals surface area contributed by atoms with E-state index in [4.69, 9.17) is 0 Å². The molecule has 0 saturated carbocycles. The fourth-order valence-corrected chi connectivity index (χ4v) is 4.14. The largest absolute Gasteiger partial charge is 0.389 e. The van der Waals surface area contributed by atoms with Crippen molar-refractivity contribution in [2.45, 2.75) is 92.4 Å². The second-order valence-corrected chi connectivity index (χ2v) is 9.08. The van der Waals surface area contributed by atoms with Gasteiger partial charge in [0.05, 0.1) is 0 Å². The molecule has 0 aliphatic heterocycles. The van der Waals surface area contributed by atoms with Crippen LogP contribution in [0.25, 0.3) is 0 Å². The molecule has 0 aliphatic rings. The van der Waals surface area contributed by atoms with Gasteiger partial charge in [-0.05, 0) is 48.5 Å². The Morgan fingerprint density at radius 3 is 2.18 bits per heavy atom. The van der Waals surface area contributed by atoms with Crippen molar-refractivity contribution in [3.8, 4) is 0 Å². The van der Waals surface area contributed by atoms with Crippen LogP contribution >= 0.6 is 0 Å². The van der Waals surface area contributed by atoms with Crippen LogP contribution < -0.4 is 5.32 Å². The lowest BCUT2D eigenvalue weighted by Gasteiger charge is -2.32. The van der Waals surface area contributed by atoms with E-state index in [1.165, 1.54) is 69.0 Å². The minimum Gasteiger partial charge on any atom is -0.389 e. The number of allylic oxidation sites excluding steroid dienone is 1. The number of hydrogen-bond donors (Lipinski definition) is 1. The highest BCUT2D eigenvalue weighted by atomic mass is 14.9. The van der Waals surface area contributed by atoms with E-state index in [0.29, 0.717) is 11.8 Å². The number of benzene rings is 1. The Morgan fingerprint density at radius 2 is 1.50 bits per heavy atom. The summed E-state index contributed by atoms with van der Waals surface area (Å²) in [5.74, 6) is 2.67. The van der Waals surface area contributed by atoms with E-state index in [-0.39, 0.29) is 0 Å². The smallest absolute Gasteiger partial charge is 0.0143 e. The Bertz CT molecular complexity index is 506. The first kappa shape index (κ1) is 24.8. The van der Waals surface area contributed by atoms with E-state index in [1.807, 2.05) is 0 Å². The van der Waals surface area contributed by atoms with Gasteiger partial charge in [0.15, 0.2) is 0 Å². The highest BCUT2D eigenvalue weighted by Crippen LogP contribution is 2.32. The van der Waals surface area contributed by atoms with E-state index in [2.05, 4.69) is 76.8 Å². The Balaban J connectivity index is 2.25. The van der Waals surface area contributed by atoms with Crippen LogP contribution in [0.15, 0.2) is 42.6 Å². The van der Waals surface area contributed by atoms with Crippen molar-refractivity contribution < 1.29 is 0 Å². The molecule has 0 aromatic heterocycles. The van der Waals surface area contributed by atoms with Gasteiger partial charge in [-0.3, -0.25) is 0 Å². The second-order valence-electron chi connectivity index (χ2n) is 9.08. The third-order valence-electron chi connectivity index (χ3n) is 6.92. The fourth-order valence-electron chi connectivity index (χ4n) is 4.14. The van der Waals surface area contributed by atoms with Gasteiger partial charge in [-0.2, -0.15) is 0 Å². The van der Waals surface area contributed by atoms with Gasteiger partial charge < -0.3 is 5.32 Å². The highest BCUT2D eigenvalue weighted by Gasteiger charge is 2.25. The Hall–Kier alpha value is -1.24. The molecule has 0 saturated heterocycles. The van der Waals surface area contributed by atoms with Crippen molar-refractivity contribution in [2.75, 3.05) is 6.54 Å². The van der Waals surface area contributed by atoms with Gasteiger partial charge in [-0.1, -0.05) is 110 Å². The number of aryl methyl sites for hydroxylation is 1. The Labute approximate surface area is 176 Å². The molecule has 1 nitrogen and oxygen atoms in total. The van der Waals surface area contributed by atoms with Crippen molar-refractivity contribution >= 4 is 0 Å². The maximum absolute atomic E-state index is 4.36. The maximum Gasteiger partial charge on any atom is 0.0143 e. The summed E-state index contributed by atoms with van der Waals surface area (Å²) in [7, 11) is 0. The van der Waals surface area contributed by atoms with Gasteiger partial charge in [-0.25, -0.2) is 0 Å². The molecule has 28 heavy (non-hydrogen) atoms. The summed E-state index contributed by atoms with van der Waals surface area (Å²) < 4.78 is 0. The lowest BCUT2D eigenvalue weighted by atomic mass is 9.75. The summed E-state index contributed by atoms with van der Waals surface area (Å²) >= 11 is 0. The molecule has 0 bridgehead atoms. The number of unbranched alkanes of at least 4 members (excludes halogenated alkanes) is 5. The Morgan fingerprint density at radius 1 is 0.857 bits per heavy atom. The van der Waals surface area contributed by atoms with Crippen LogP contribution in [-0.4, -0.2) is 6.54 Å². The quantitative estimate of drug-likeness (QED) is 0.284. The topological polar surface area (TPSA) is 12.0 Å². The third kappa shape index (κ3) is 9.80. The van der Waals surface area contributed by atoms with Gasteiger partial charge in [-0.15, -0.1) is 0 Å². The van der Waals surface area contributed by atoms with Crippen LogP contribution in [0, 0.1) is 23.7 Å². The molecule has 160 valence electrons. The summed E-state index contributed by atoms with van der Waals surface area (Å²) in [4.78, 5) is 0. The molecule has 0 amide bonds. The molecule has 0 spiro atoms. The van der Waals surface area contributed by atoms with Crippen molar-refractivity contribution in [2.24, 2.45) is 23.7 Å². The zero-order chi connectivity index (χ0) is 20.8. The zero-order valence-electron chi connectivity index (χ0n) is 19.5. The zero-order valence-corrected chi connectivity index (χ0v) is 19.5. The van der Waals surface area contributed by atoms with Crippen LogP contribution in [0.4, 0.5) is 0 Å². The lowest BCUT2D eigenvalue weighted by molar-refractivity contribution is 0.216. The summed E-state index contributed by atoms with van der Waals surface area (Å²) in [6, 6.07) is 10.9. The van der Waals surface area contributed by atoms with Crippen LogP contribution in [0.2, 0.25) is 0 Å². The third-order valence-corrected chi connectivity index (χ3v) is 6.92. The Kier molecular flexibility index (Phi) is 13.0. The molecule has 0 heterocycles. The predicted molar refractivity (Wildman–Crippen MR) is 127 cm³/mol. The van der Waals surface area contributed by atoms with E-state index < -0.39 is 0 Å². The summed E-state index contributed by atoms with van der Waals surface area (Å²) in [6.07, 6.45) is 11.9. The van der Waals surface area contributed by atoms with Gasteiger partial charge >= 0.3 is 0 Å². The van der Waals surface area contributed by atoms with E-state index in [0.717, 1.165) is 18.4 Å². The SMILES string of the molecule is C=C(NCCCCCCCC)C(C)C(C)C(C)C(C)CCCc1ccccc1. The van der Waals surface area contributed by atoms with E-state index in [1.54, 1.807) is 0 Å². The van der Waals surface area contributed by atoms with Crippen LogP contribution in [0.1, 0.15) is 91.5 Å². The normalized spacial score (nSPS) is 15.6. The first-order valence-electron chi connectivity index (χ1n) is 11.9. The molecule has 1 N–H and O–H groups in total. The molecule has 1 rings (SSSR count). The predicted octanol–water partition coefficient (Wildman–Crippen LogP) is 8.02. The van der Waals surface area contributed by atoms with E-state index in [9.17, 15) is 0 Å². The lowest BCUT2D eigenvalue weighted by Crippen LogP contribution is -2.28. The number of hydrogen-bond acceptors (Lipinski definition) is 1. The van der Waals surface area contributed by atoms with Gasteiger partial charge in [0.2, 0.25) is 0 Å². The van der Waals surface area contributed by atoms with Crippen LogP contribution in [-0.2, 0) is 6.42 Å². The van der Waals surface area contributed by atoms with Crippen molar-refractivity contribution in [1.29, 1.82) is 0 Å². The highest BCUT2D eigenvalue weighted by molar-refractivity contribution is 5.14. The first-order chi connectivity index (χ1) is 13.5. The summed E-state index contributed by atoms with van der Waals surface area (Å²) in [5, 5.41) is 3.62. The molecule has 1 aromatic rings. The minimum atomic E-state index is 0.534. The molecular formula is C27H47N. The average molecular weight is 386 g/mol. The monoisotopic (exact) mass is 385 g/mol. The molecular weight excluding hydrogens is 338 g/mol. The van der Waals surface area contributed by atoms with Crippen molar-refractivity contribution in [3.05, 3.63) is 48.2 Å². The maximum atomic E-state index is 4.36. The molecule has 0 aliphatic carbocycles. The molecule has 1 aromatic carbocycles. The minimum absolute atomic E-state index is 0.534. The van der Waals surface area contributed by atoms with Gasteiger partial charge in [0.1, 0.15) is 0 Å². The first-order valence-corrected chi connectivity index (χ1v) is 11.9. The van der Waals surface area contributed by atoms with Crippen LogP contribution in [0.5, 0.6) is 0 Å². The summed E-state index contributed by atoms with van der Waals surface area (Å²) in [6.45, 7) is 17.4. The molecule has 4 atom stereocenters. The number of rotatable bonds is 16. The summed E-state index contributed by atoms with van der Waals surface area (Å²) in [5.41, 5.74) is 2.71. The van der Waals surface area contributed by atoms with Crippen molar-refractivity contribution in [1.82, 2.24) is 5.32 Å². The molecule has 1 heteroatoms. The molecule has 0 radical (unpaired) electrons. The molecule has 4 unspecified atom stereocenters. The van der Waals surface area contributed by atoms with Gasteiger partial charge in [0, 0.05) is 12.2 Å². The van der Waals surface area contributed by atoms with E-state index >= 15 is 0 Å². The van der Waals surface area contributed by atoms with Gasteiger partial charge in [0.25, 0.3) is 0 Å². The average Bonchev–Trinajstić information content (AvgIpc) is 2.71. The fraction of sp³-hybridized carbons (Fsp3) is 0.704.